The zero-order valence-corrected chi connectivity index (χ0v) is 13.9. The topological polar surface area (TPSA) is 49.7 Å². The van der Waals surface area contributed by atoms with Crippen LogP contribution in [-0.4, -0.2) is 23.0 Å². The van der Waals surface area contributed by atoms with E-state index in [1.54, 1.807) is 6.21 Å². The zero-order chi connectivity index (χ0) is 15.8. The van der Waals surface area contributed by atoms with Crippen LogP contribution in [0.4, 0.5) is 0 Å². The van der Waals surface area contributed by atoms with Gasteiger partial charge in [-0.3, -0.25) is 9.59 Å². The Hall–Kier alpha value is -1.75. The lowest BCUT2D eigenvalue weighted by Crippen LogP contribution is -2.30. The Balaban J connectivity index is 1.44. The number of nitrogens with zero attached hydrogens (tertiary/aromatic N) is 2. The van der Waals surface area contributed by atoms with Crippen LogP contribution in [0.3, 0.4) is 0 Å². The van der Waals surface area contributed by atoms with E-state index in [0.29, 0.717) is 0 Å². The number of benzene rings is 1. The van der Waals surface area contributed by atoms with E-state index in [0.717, 1.165) is 27.9 Å². The second-order valence-corrected chi connectivity index (χ2v) is 7.92. The summed E-state index contributed by atoms with van der Waals surface area (Å²) in [6.45, 7) is 0. The predicted molar refractivity (Wildman–Crippen MR) is 88.4 cm³/mol. The molecule has 1 aliphatic heterocycles. The number of amides is 2. The molecule has 3 aliphatic carbocycles. The Kier molecular flexibility index (Phi) is 2.62. The van der Waals surface area contributed by atoms with Crippen LogP contribution in [0.5, 0.6) is 0 Å². The smallest absolute Gasteiger partial charge is 0.254 e. The maximum Gasteiger partial charge on any atom is 0.254 e. The molecule has 2 amide bonds. The molecule has 1 aromatic carbocycles. The van der Waals surface area contributed by atoms with Crippen molar-refractivity contribution >= 4 is 34.0 Å². The molecule has 1 aromatic rings. The van der Waals surface area contributed by atoms with E-state index in [1.807, 2.05) is 24.3 Å². The Bertz CT molecular complexity index is 762. The summed E-state index contributed by atoms with van der Waals surface area (Å²) in [5, 5.41) is 5.31. The number of hydrogen-bond acceptors (Lipinski definition) is 3. The van der Waals surface area contributed by atoms with Crippen LogP contribution in [0.15, 0.2) is 46.0 Å². The van der Waals surface area contributed by atoms with E-state index in [1.165, 1.54) is 0 Å². The molecule has 4 nitrogen and oxygen atoms in total. The molecule has 0 radical (unpaired) electrons. The fourth-order valence-electron chi connectivity index (χ4n) is 4.89. The molecule has 1 saturated heterocycles. The lowest BCUT2D eigenvalue weighted by atomic mass is 9.85. The van der Waals surface area contributed by atoms with Crippen molar-refractivity contribution in [2.75, 3.05) is 0 Å². The molecule has 1 heterocycles. The normalized spacial score (nSPS) is 35.8. The molecule has 4 atom stereocenters. The van der Waals surface area contributed by atoms with Crippen molar-refractivity contribution in [1.82, 2.24) is 5.01 Å². The highest BCUT2D eigenvalue weighted by Gasteiger charge is 2.73. The molecule has 5 rings (SSSR count). The maximum absolute atomic E-state index is 12.7. The number of carbonyl (C=O) groups is 2. The van der Waals surface area contributed by atoms with Crippen molar-refractivity contribution in [3.8, 4) is 0 Å². The number of hydrazone groups is 1. The van der Waals surface area contributed by atoms with E-state index >= 15 is 0 Å². The molecule has 2 saturated carbocycles. The first kappa shape index (κ1) is 13.7. The summed E-state index contributed by atoms with van der Waals surface area (Å²) in [7, 11) is 0. The first-order chi connectivity index (χ1) is 11.1. The van der Waals surface area contributed by atoms with Crippen molar-refractivity contribution in [3.63, 3.8) is 0 Å². The van der Waals surface area contributed by atoms with Gasteiger partial charge in [-0.1, -0.05) is 40.2 Å². The van der Waals surface area contributed by atoms with Crippen LogP contribution in [0, 0.1) is 29.1 Å². The van der Waals surface area contributed by atoms with Gasteiger partial charge in [0.25, 0.3) is 11.8 Å². The zero-order valence-electron chi connectivity index (χ0n) is 12.4. The maximum atomic E-state index is 12.7. The van der Waals surface area contributed by atoms with Gasteiger partial charge in [0.05, 0.1) is 18.1 Å². The molecule has 1 spiro atoms. The van der Waals surface area contributed by atoms with Gasteiger partial charge in [-0.15, -0.1) is 0 Å². The van der Waals surface area contributed by atoms with Crippen LogP contribution in [-0.2, 0) is 9.59 Å². The molecule has 2 bridgehead atoms. The van der Waals surface area contributed by atoms with Crippen molar-refractivity contribution < 1.29 is 9.59 Å². The van der Waals surface area contributed by atoms with Gasteiger partial charge < -0.3 is 0 Å². The fraction of sp³-hybridized carbons (Fsp3) is 0.389. The third-order valence-electron chi connectivity index (χ3n) is 6.00. The van der Waals surface area contributed by atoms with E-state index in [-0.39, 0.29) is 40.9 Å². The minimum absolute atomic E-state index is 0.116. The molecular weight excluding hydrogens is 356 g/mol. The Morgan fingerprint density at radius 3 is 2.35 bits per heavy atom. The van der Waals surface area contributed by atoms with Crippen LogP contribution < -0.4 is 0 Å². The quantitative estimate of drug-likeness (QED) is 0.456. The van der Waals surface area contributed by atoms with Gasteiger partial charge >= 0.3 is 0 Å². The van der Waals surface area contributed by atoms with E-state index in [9.17, 15) is 9.59 Å². The van der Waals surface area contributed by atoms with E-state index in [4.69, 9.17) is 0 Å². The van der Waals surface area contributed by atoms with Gasteiger partial charge in [0, 0.05) is 4.47 Å². The van der Waals surface area contributed by atoms with Crippen LogP contribution in [0.2, 0.25) is 0 Å². The lowest BCUT2D eigenvalue weighted by molar-refractivity contribution is -0.141. The summed E-state index contributed by atoms with van der Waals surface area (Å²) in [5.41, 5.74) is 1.10. The van der Waals surface area contributed by atoms with Gasteiger partial charge in [-0.25, -0.2) is 0 Å². The number of halogens is 1. The average molecular weight is 371 g/mol. The molecule has 23 heavy (non-hydrogen) atoms. The van der Waals surface area contributed by atoms with Crippen molar-refractivity contribution in [2.24, 2.45) is 34.2 Å². The van der Waals surface area contributed by atoms with Gasteiger partial charge in [-0.05, 0) is 47.8 Å². The second kappa shape index (κ2) is 4.41. The minimum atomic E-state index is -0.181. The first-order valence-electron chi connectivity index (χ1n) is 7.97. The molecule has 0 aromatic heterocycles. The first-order valence-corrected chi connectivity index (χ1v) is 8.77. The number of carbonyl (C=O) groups excluding carboxylic acids is 2. The molecule has 0 unspecified atom stereocenters. The van der Waals surface area contributed by atoms with Crippen LogP contribution in [0.1, 0.15) is 18.4 Å². The number of imide groups is 1. The van der Waals surface area contributed by atoms with Gasteiger partial charge in [0.2, 0.25) is 0 Å². The van der Waals surface area contributed by atoms with E-state index in [2.05, 4.69) is 33.2 Å². The highest BCUT2D eigenvalue weighted by molar-refractivity contribution is 9.10. The molecule has 4 aliphatic rings. The number of hydrogen-bond donors (Lipinski definition) is 0. The SMILES string of the molecule is O=C1[C@@H]2[C@@H](C(=O)N1/N=C\c1cccc(Br)c1)[C@H]1C=C[C@H]2C12CC2. The summed E-state index contributed by atoms with van der Waals surface area (Å²) in [6.07, 6.45) is 8.25. The Labute approximate surface area is 142 Å². The summed E-state index contributed by atoms with van der Waals surface area (Å²) in [4.78, 5) is 25.5. The summed E-state index contributed by atoms with van der Waals surface area (Å²) < 4.78 is 0.940. The monoisotopic (exact) mass is 370 g/mol. The Morgan fingerprint density at radius 1 is 1.13 bits per heavy atom. The van der Waals surface area contributed by atoms with Gasteiger partial charge in [0.1, 0.15) is 0 Å². The second-order valence-electron chi connectivity index (χ2n) is 7.01. The average Bonchev–Trinajstić information content (AvgIpc) is 3.13. The van der Waals surface area contributed by atoms with Crippen LogP contribution >= 0.6 is 15.9 Å². The highest BCUT2D eigenvalue weighted by atomic mass is 79.9. The van der Waals surface area contributed by atoms with Crippen molar-refractivity contribution in [3.05, 3.63) is 46.5 Å². The largest absolute Gasteiger partial charge is 0.272 e. The summed E-state index contributed by atoms with van der Waals surface area (Å²) >= 11 is 3.40. The van der Waals surface area contributed by atoms with Crippen molar-refractivity contribution in [2.45, 2.75) is 12.8 Å². The minimum Gasteiger partial charge on any atom is -0.272 e. The van der Waals surface area contributed by atoms with Gasteiger partial charge in [-0.2, -0.15) is 10.1 Å². The third-order valence-corrected chi connectivity index (χ3v) is 6.49. The number of fused-ring (bicyclic) bond motifs is 3. The standard InChI is InChI=1S/C18H15BrN2O2/c19-11-3-1-2-10(8-11)9-20-21-16(22)14-12-4-5-13(15(14)17(21)23)18(12)6-7-18/h1-5,8-9,12-15H,6-7H2/b20-9-/t12-,13-,14+,15+/m1/s1. The van der Waals surface area contributed by atoms with Crippen molar-refractivity contribution in [1.29, 1.82) is 0 Å². The van der Waals surface area contributed by atoms with Gasteiger partial charge in [0.15, 0.2) is 0 Å². The Morgan fingerprint density at radius 2 is 1.78 bits per heavy atom. The molecular formula is C18H15BrN2O2. The lowest BCUT2D eigenvalue weighted by Gasteiger charge is -2.18. The summed E-state index contributed by atoms with van der Waals surface area (Å²) in [5.74, 6) is -0.0943. The number of rotatable bonds is 2. The highest BCUT2D eigenvalue weighted by Crippen LogP contribution is 2.73. The predicted octanol–water partition coefficient (Wildman–Crippen LogP) is 2.98. The summed E-state index contributed by atoms with van der Waals surface area (Å²) in [6, 6.07) is 7.62. The molecule has 5 heteroatoms. The molecule has 3 fully saturated rings. The van der Waals surface area contributed by atoms with Crippen LogP contribution in [0.25, 0.3) is 0 Å². The molecule has 0 N–H and O–H groups in total. The fourth-order valence-corrected chi connectivity index (χ4v) is 5.30. The third kappa shape index (κ3) is 1.69. The number of allylic oxidation sites excluding steroid dienone is 2. The molecule has 116 valence electrons. The van der Waals surface area contributed by atoms with E-state index < -0.39 is 0 Å².